The Bertz CT molecular complexity index is 637. The van der Waals surface area contributed by atoms with Crippen LogP contribution in [0.1, 0.15) is 29.4 Å². The lowest BCUT2D eigenvalue weighted by Crippen LogP contribution is -2.12. The fourth-order valence-corrected chi connectivity index (χ4v) is 2.31. The molecule has 0 aliphatic rings. The average Bonchev–Trinajstić information content (AvgIpc) is 2.84. The molecule has 0 unspecified atom stereocenters. The summed E-state index contributed by atoms with van der Waals surface area (Å²) in [6, 6.07) is 5.11. The Labute approximate surface area is 125 Å². The van der Waals surface area contributed by atoms with Gasteiger partial charge < -0.3 is 10.5 Å². The van der Waals surface area contributed by atoms with Crippen LogP contribution in [0.15, 0.2) is 28.9 Å². The van der Waals surface area contributed by atoms with E-state index in [1.165, 1.54) is 7.11 Å². The number of nitrogen functional groups attached to an aromatic ring is 1. The molecular weight excluding hydrogens is 322 g/mol. The minimum atomic E-state index is -0.131. The number of nitrogens with two attached hydrogens (primary N) is 1. The molecule has 20 heavy (non-hydrogen) atoms. The van der Waals surface area contributed by atoms with Crippen molar-refractivity contribution >= 4 is 27.4 Å². The van der Waals surface area contributed by atoms with Crippen molar-refractivity contribution in [2.75, 3.05) is 12.8 Å². The summed E-state index contributed by atoms with van der Waals surface area (Å²) in [6.45, 7) is 2.70. The third-order valence-corrected chi connectivity index (χ3v) is 3.63. The zero-order valence-electron chi connectivity index (χ0n) is 11.4. The third-order valence-electron chi connectivity index (χ3n) is 2.94. The molecule has 0 amide bonds. The van der Waals surface area contributed by atoms with Gasteiger partial charge in [-0.3, -0.25) is 9.48 Å². The highest BCUT2D eigenvalue weighted by molar-refractivity contribution is 9.10. The van der Waals surface area contributed by atoms with Crippen molar-refractivity contribution in [2.24, 2.45) is 0 Å². The van der Waals surface area contributed by atoms with E-state index >= 15 is 0 Å². The van der Waals surface area contributed by atoms with E-state index in [9.17, 15) is 4.79 Å². The second-order valence-electron chi connectivity index (χ2n) is 4.35. The molecule has 0 aliphatic heterocycles. The van der Waals surface area contributed by atoms with E-state index in [-0.39, 0.29) is 5.78 Å². The number of aryl methyl sites for hydroxylation is 1. The molecule has 106 valence electrons. The van der Waals surface area contributed by atoms with Crippen molar-refractivity contribution in [1.82, 2.24) is 9.78 Å². The van der Waals surface area contributed by atoms with Crippen LogP contribution in [0.3, 0.4) is 0 Å². The number of hydrogen-bond acceptors (Lipinski definition) is 4. The summed E-state index contributed by atoms with van der Waals surface area (Å²) in [5.41, 5.74) is 7.34. The summed E-state index contributed by atoms with van der Waals surface area (Å²) in [5.74, 6) is 0.352. The maximum Gasteiger partial charge on any atom is 0.214 e. The Morgan fingerprint density at radius 3 is 2.85 bits per heavy atom. The van der Waals surface area contributed by atoms with Crippen LogP contribution >= 0.6 is 15.9 Å². The van der Waals surface area contributed by atoms with Crippen LogP contribution < -0.4 is 10.5 Å². The first-order valence-electron chi connectivity index (χ1n) is 6.28. The Morgan fingerprint density at radius 1 is 1.50 bits per heavy atom. The summed E-state index contributed by atoms with van der Waals surface area (Å²) >= 11 is 3.33. The van der Waals surface area contributed by atoms with Gasteiger partial charge in [0.2, 0.25) is 5.78 Å². The van der Waals surface area contributed by atoms with Crippen LogP contribution in [0, 0.1) is 0 Å². The average molecular weight is 338 g/mol. The monoisotopic (exact) mass is 337 g/mol. The van der Waals surface area contributed by atoms with E-state index < -0.39 is 0 Å². The first-order valence-corrected chi connectivity index (χ1v) is 7.07. The van der Waals surface area contributed by atoms with Gasteiger partial charge in [-0.15, -0.1) is 0 Å². The standard InChI is InChI=1S/C14H16BrN3O2/c1-3-6-18-13(12(20-2)8-17-18)14(19)9-4-5-11(16)10(15)7-9/h4-5,7-8H,3,6,16H2,1-2H3. The molecule has 2 aromatic rings. The molecule has 0 fully saturated rings. The van der Waals surface area contributed by atoms with E-state index in [4.69, 9.17) is 10.5 Å². The smallest absolute Gasteiger partial charge is 0.214 e. The summed E-state index contributed by atoms with van der Waals surface area (Å²) in [6.07, 6.45) is 2.45. The topological polar surface area (TPSA) is 70.1 Å². The second kappa shape index (κ2) is 6.09. The summed E-state index contributed by atoms with van der Waals surface area (Å²) in [4.78, 5) is 12.6. The molecule has 0 saturated carbocycles. The van der Waals surface area contributed by atoms with Gasteiger partial charge in [-0.25, -0.2) is 0 Å². The SMILES string of the molecule is CCCn1ncc(OC)c1C(=O)c1ccc(N)c(Br)c1. The quantitative estimate of drug-likeness (QED) is 0.672. The van der Waals surface area contributed by atoms with Gasteiger partial charge in [-0.1, -0.05) is 6.92 Å². The van der Waals surface area contributed by atoms with Crippen LogP contribution in [0.5, 0.6) is 5.75 Å². The summed E-state index contributed by atoms with van der Waals surface area (Å²) < 4.78 is 7.60. The number of rotatable bonds is 5. The highest BCUT2D eigenvalue weighted by Crippen LogP contribution is 2.25. The Morgan fingerprint density at radius 2 is 2.25 bits per heavy atom. The van der Waals surface area contributed by atoms with E-state index in [0.29, 0.717) is 33.7 Å². The number of carbonyl (C=O) groups is 1. The van der Waals surface area contributed by atoms with Crippen molar-refractivity contribution in [1.29, 1.82) is 0 Å². The van der Waals surface area contributed by atoms with Crippen molar-refractivity contribution in [2.45, 2.75) is 19.9 Å². The predicted octanol–water partition coefficient (Wildman–Crippen LogP) is 2.88. The van der Waals surface area contributed by atoms with Crippen molar-refractivity contribution in [3.05, 3.63) is 40.1 Å². The third kappa shape index (κ3) is 2.70. The molecule has 5 nitrogen and oxygen atoms in total. The lowest BCUT2D eigenvalue weighted by Gasteiger charge is -2.08. The first-order chi connectivity index (χ1) is 9.58. The minimum Gasteiger partial charge on any atom is -0.493 e. The number of hydrogen-bond donors (Lipinski definition) is 1. The van der Waals surface area contributed by atoms with E-state index in [2.05, 4.69) is 21.0 Å². The molecule has 0 bridgehead atoms. The molecule has 0 saturated heterocycles. The normalized spacial score (nSPS) is 10.6. The molecule has 1 aromatic carbocycles. The highest BCUT2D eigenvalue weighted by atomic mass is 79.9. The van der Waals surface area contributed by atoms with Gasteiger partial charge in [0.1, 0.15) is 0 Å². The van der Waals surface area contributed by atoms with Crippen LogP contribution in [0.2, 0.25) is 0 Å². The zero-order valence-corrected chi connectivity index (χ0v) is 13.0. The number of methoxy groups -OCH3 is 1. The fraction of sp³-hybridized carbons (Fsp3) is 0.286. The van der Waals surface area contributed by atoms with Crippen molar-refractivity contribution < 1.29 is 9.53 Å². The van der Waals surface area contributed by atoms with Gasteiger partial charge in [0.05, 0.1) is 13.3 Å². The van der Waals surface area contributed by atoms with Crippen LogP contribution in [-0.4, -0.2) is 22.7 Å². The Kier molecular flexibility index (Phi) is 4.44. The number of benzene rings is 1. The molecule has 2 rings (SSSR count). The van der Waals surface area contributed by atoms with Gasteiger partial charge in [0, 0.05) is 22.3 Å². The number of anilines is 1. The van der Waals surface area contributed by atoms with E-state index in [0.717, 1.165) is 6.42 Å². The Balaban J connectivity index is 2.46. The largest absolute Gasteiger partial charge is 0.493 e. The van der Waals surface area contributed by atoms with Gasteiger partial charge >= 0.3 is 0 Å². The van der Waals surface area contributed by atoms with Gasteiger partial charge in [-0.2, -0.15) is 5.10 Å². The lowest BCUT2D eigenvalue weighted by molar-refractivity contribution is 0.102. The lowest BCUT2D eigenvalue weighted by atomic mass is 10.1. The van der Waals surface area contributed by atoms with Crippen molar-refractivity contribution in [3.63, 3.8) is 0 Å². The maximum atomic E-state index is 12.6. The molecule has 0 spiro atoms. The molecule has 0 radical (unpaired) electrons. The molecule has 1 heterocycles. The number of nitrogens with zero attached hydrogens (tertiary/aromatic N) is 2. The number of carbonyl (C=O) groups excluding carboxylic acids is 1. The molecular formula is C14H16BrN3O2. The van der Waals surface area contributed by atoms with Gasteiger partial charge in [0.15, 0.2) is 11.4 Å². The van der Waals surface area contributed by atoms with E-state index in [1.807, 2.05) is 6.92 Å². The number of ether oxygens (including phenoxy) is 1. The fourth-order valence-electron chi connectivity index (χ4n) is 1.93. The van der Waals surface area contributed by atoms with Crippen LogP contribution in [0.25, 0.3) is 0 Å². The van der Waals surface area contributed by atoms with Crippen LogP contribution in [-0.2, 0) is 6.54 Å². The van der Waals surface area contributed by atoms with Crippen LogP contribution in [0.4, 0.5) is 5.69 Å². The molecule has 0 aliphatic carbocycles. The Hall–Kier alpha value is -1.82. The zero-order chi connectivity index (χ0) is 14.7. The summed E-state index contributed by atoms with van der Waals surface area (Å²) in [7, 11) is 1.53. The van der Waals surface area contributed by atoms with E-state index in [1.54, 1.807) is 29.1 Å². The summed E-state index contributed by atoms with van der Waals surface area (Å²) in [5, 5.41) is 4.20. The molecule has 1 aromatic heterocycles. The predicted molar refractivity (Wildman–Crippen MR) is 81.1 cm³/mol. The van der Waals surface area contributed by atoms with Crippen molar-refractivity contribution in [3.8, 4) is 5.75 Å². The number of aromatic nitrogens is 2. The first kappa shape index (κ1) is 14.6. The molecule has 2 N–H and O–H groups in total. The second-order valence-corrected chi connectivity index (χ2v) is 5.20. The van der Waals surface area contributed by atoms with Gasteiger partial charge in [-0.05, 0) is 40.5 Å². The maximum absolute atomic E-state index is 12.6. The molecule has 0 atom stereocenters. The highest BCUT2D eigenvalue weighted by Gasteiger charge is 2.21. The van der Waals surface area contributed by atoms with Gasteiger partial charge in [0.25, 0.3) is 0 Å². The minimum absolute atomic E-state index is 0.131. The molecule has 6 heteroatoms. The number of halogens is 1. The number of ketones is 1.